The molecule has 0 spiro atoms. The third-order valence-corrected chi connectivity index (χ3v) is 5.88. The molecule has 8 heteroatoms. The molecular weight excluding hydrogens is 400 g/mol. The van der Waals surface area contributed by atoms with Gasteiger partial charge in [-0.1, -0.05) is 13.0 Å². The number of carbonyl (C=O) groups excluding carboxylic acids is 3. The molecule has 1 saturated heterocycles. The van der Waals surface area contributed by atoms with Crippen LogP contribution in [0.4, 0.5) is 5.69 Å². The van der Waals surface area contributed by atoms with Crippen molar-refractivity contribution in [1.29, 1.82) is 0 Å². The van der Waals surface area contributed by atoms with E-state index in [9.17, 15) is 14.4 Å². The SMILES string of the molecule is CCCNC(=O)CN1CCC(NC(=O)c2ccc(NC(=O)c3cccs3)cc2)CC1. The Labute approximate surface area is 180 Å². The lowest BCUT2D eigenvalue weighted by molar-refractivity contribution is -0.122. The normalized spacial score (nSPS) is 14.8. The maximum Gasteiger partial charge on any atom is 0.265 e. The first kappa shape index (κ1) is 22.0. The van der Waals surface area contributed by atoms with Gasteiger partial charge in [0.25, 0.3) is 11.8 Å². The second-order valence-corrected chi connectivity index (χ2v) is 8.33. The summed E-state index contributed by atoms with van der Waals surface area (Å²) in [5.74, 6) is -0.215. The Morgan fingerprint density at radius 2 is 1.80 bits per heavy atom. The zero-order chi connectivity index (χ0) is 21.3. The van der Waals surface area contributed by atoms with Crippen LogP contribution in [0.15, 0.2) is 41.8 Å². The van der Waals surface area contributed by atoms with Gasteiger partial charge in [0, 0.05) is 36.9 Å². The standard InChI is InChI=1S/C22H28N4O3S/c1-2-11-23-20(27)15-26-12-9-18(10-13-26)24-21(28)16-5-7-17(8-6-16)25-22(29)19-4-3-14-30-19/h3-8,14,18H,2,9-13,15H2,1H3,(H,23,27)(H,24,28)(H,25,29). The number of amides is 3. The second-order valence-electron chi connectivity index (χ2n) is 7.38. The lowest BCUT2D eigenvalue weighted by Crippen LogP contribution is -2.47. The summed E-state index contributed by atoms with van der Waals surface area (Å²) in [6, 6.07) is 10.6. The Morgan fingerprint density at radius 3 is 2.43 bits per heavy atom. The molecule has 0 aliphatic carbocycles. The summed E-state index contributed by atoms with van der Waals surface area (Å²) in [6.45, 7) is 4.74. The van der Waals surface area contributed by atoms with Crippen molar-refractivity contribution in [3.05, 3.63) is 52.2 Å². The van der Waals surface area contributed by atoms with Crippen molar-refractivity contribution in [2.45, 2.75) is 32.2 Å². The molecule has 1 aliphatic rings. The molecule has 7 nitrogen and oxygen atoms in total. The molecule has 0 atom stereocenters. The van der Waals surface area contributed by atoms with Crippen molar-refractivity contribution in [3.8, 4) is 0 Å². The fourth-order valence-corrected chi connectivity index (χ4v) is 3.95. The van der Waals surface area contributed by atoms with Gasteiger partial charge in [-0.05, 0) is 55.0 Å². The molecule has 0 saturated carbocycles. The third kappa shape index (κ3) is 6.40. The predicted octanol–water partition coefficient (Wildman–Crippen LogP) is 2.72. The summed E-state index contributed by atoms with van der Waals surface area (Å²) >= 11 is 1.38. The van der Waals surface area contributed by atoms with Crippen LogP contribution < -0.4 is 16.0 Å². The molecule has 30 heavy (non-hydrogen) atoms. The van der Waals surface area contributed by atoms with Crippen molar-refractivity contribution in [2.24, 2.45) is 0 Å². The van der Waals surface area contributed by atoms with Gasteiger partial charge in [-0.3, -0.25) is 19.3 Å². The topological polar surface area (TPSA) is 90.5 Å². The van der Waals surface area contributed by atoms with Crippen LogP contribution >= 0.6 is 11.3 Å². The Kier molecular flexibility index (Phi) is 7.98. The molecule has 0 bridgehead atoms. The number of piperidine rings is 1. The highest BCUT2D eigenvalue weighted by Crippen LogP contribution is 2.15. The number of likely N-dealkylation sites (tertiary alicyclic amines) is 1. The molecule has 1 aromatic heterocycles. The van der Waals surface area contributed by atoms with E-state index in [-0.39, 0.29) is 23.8 Å². The van der Waals surface area contributed by atoms with E-state index in [1.807, 2.05) is 18.4 Å². The molecule has 2 heterocycles. The molecule has 3 rings (SSSR count). The van der Waals surface area contributed by atoms with E-state index < -0.39 is 0 Å². The van der Waals surface area contributed by atoms with Gasteiger partial charge in [0.1, 0.15) is 0 Å². The molecule has 3 amide bonds. The lowest BCUT2D eigenvalue weighted by atomic mass is 10.0. The fraction of sp³-hybridized carbons (Fsp3) is 0.409. The number of rotatable bonds is 8. The number of hydrogen-bond donors (Lipinski definition) is 3. The van der Waals surface area contributed by atoms with E-state index in [0.29, 0.717) is 29.2 Å². The van der Waals surface area contributed by atoms with E-state index >= 15 is 0 Å². The molecule has 1 aliphatic heterocycles. The van der Waals surface area contributed by atoms with Crippen LogP contribution in [0, 0.1) is 0 Å². The van der Waals surface area contributed by atoms with E-state index in [1.165, 1.54) is 11.3 Å². The second kappa shape index (κ2) is 10.9. The largest absolute Gasteiger partial charge is 0.355 e. The molecule has 2 aromatic rings. The summed E-state index contributed by atoms with van der Waals surface area (Å²) < 4.78 is 0. The van der Waals surface area contributed by atoms with Crippen molar-refractivity contribution < 1.29 is 14.4 Å². The molecule has 1 aromatic carbocycles. The maximum atomic E-state index is 12.5. The van der Waals surface area contributed by atoms with Crippen molar-refractivity contribution in [2.75, 3.05) is 31.5 Å². The third-order valence-electron chi connectivity index (χ3n) is 5.01. The highest BCUT2D eigenvalue weighted by atomic mass is 32.1. The van der Waals surface area contributed by atoms with Crippen LogP contribution in [0.25, 0.3) is 0 Å². The number of carbonyl (C=O) groups is 3. The quantitative estimate of drug-likeness (QED) is 0.603. The molecular formula is C22H28N4O3S. The highest BCUT2D eigenvalue weighted by Gasteiger charge is 2.22. The van der Waals surface area contributed by atoms with E-state index in [2.05, 4.69) is 20.9 Å². The molecule has 3 N–H and O–H groups in total. The number of thiophene rings is 1. The number of nitrogens with zero attached hydrogens (tertiary/aromatic N) is 1. The number of benzene rings is 1. The monoisotopic (exact) mass is 428 g/mol. The average Bonchev–Trinajstić information content (AvgIpc) is 3.29. The van der Waals surface area contributed by atoms with Gasteiger partial charge in [-0.25, -0.2) is 0 Å². The Morgan fingerprint density at radius 1 is 1.07 bits per heavy atom. The minimum Gasteiger partial charge on any atom is -0.355 e. The number of nitrogens with one attached hydrogen (secondary N) is 3. The van der Waals surface area contributed by atoms with Gasteiger partial charge in [-0.2, -0.15) is 0 Å². The Balaban J connectivity index is 1.43. The molecule has 0 radical (unpaired) electrons. The lowest BCUT2D eigenvalue weighted by Gasteiger charge is -2.31. The summed E-state index contributed by atoms with van der Waals surface area (Å²) in [6.07, 6.45) is 2.57. The van der Waals surface area contributed by atoms with Crippen LogP contribution in [-0.4, -0.2) is 54.8 Å². The number of hydrogen-bond acceptors (Lipinski definition) is 5. The zero-order valence-corrected chi connectivity index (χ0v) is 18.0. The van der Waals surface area contributed by atoms with Gasteiger partial charge in [-0.15, -0.1) is 11.3 Å². The van der Waals surface area contributed by atoms with Gasteiger partial charge in [0.05, 0.1) is 11.4 Å². The summed E-state index contributed by atoms with van der Waals surface area (Å²) in [5.41, 5.74) is 1.21. The highest BCUT2D eigenvalue weighted by molar-refractivity contribution is 7.12. The van der Waals surface area contributed by atoms with E-state index in [0.717, 1.165) is 32.4 Å². The first-order valence-electron chi connectivity index (χ1n) is 10.3. The average molecular weight is 429 g/mol. The Hall–Kier alpha value is -2.71. The summed E-state index contributed by atoms with van der Waals surface area (Å²) in [5, 5.41) is 10.6. The smallest absolute Gasteiger partial charge is 0.265 e. The number of anilines is 1. The molecule has 0 unspecified atom stereocenters. The van der Waals surface area contributed by atoms with Crippen LogP contribution in [0.5, 0.6) is 0 Å². The zero-order valence-electron chi connectivity index (χ0n) is 17.1. The Bertz CT molecular complexity index is 844. The maximum absolute atomic E-state index is 12.5. The first-order chi connectivity index (χ1) is 14.5. The molecule has 1 fully saturated rings. The van der Waals surface area contributed by atoms with Gasteiger partial charge in [0.15, 0.2) is 0 Å². The summed E-state index contributed by atoms with van der Waals surface area (Å²) in [7, 11) is 0. The van der Waals surface area contributed by atoms with Gasteiger partial charge >= 0.3 is 0 Å². The van der Waals surface area contributed by atoms with E-state index in [4.69, 9.17) is 0 Å². The van der Waals surface area contributed by atoms with Crippen LogP contribution in [0.1, 0.15) is 46.2 Å². The van der Waals surface area contributed by atoms with Gasteiger partial charge < -0.3 is 16.0 Å². The van der Waals surface area contributed by atoms with Gasteiger partial charge in [0.2, 0.25) is 5.91 Å². The summed E-state index contributed by atoms with van der Waals surface area (Å²) in [4.78, 5) is 39.2. The molecule has 160 valence electrons. The minimum absolute atomic E-state index is 0.0607. The van der Waals surface area contributed by atoms with Crippen LogP contribution in [0.3, 0.4) is 0 Å². The van der Waals surface area contributed by atoms with Crippen molar-refractivity contribution >= 4 is 34.7 Å². The van der Waals surface area contributed by atoms with E-state index in [1.54, 1.807) is 30.3 Å². The fourth-order valence-electron chi connectivity index (χ4n) is 3.33. The van der Waals surface area contributed by atoms with Crippen molar-refractivity contribution in [3.63, 3.8) is 0 Å². The first-order valence-corrected chi connectivity index (χ1v) is 11.2. The van der Waals surface area contributed by atoms with Crippen LogP contribution in [0.2, 0.25) is 0 Å². The van der Waals surface area contributed by atoms with Crippen LogP contribution in [-0.2, 0) is 4.79 Å². The minimum atomic E-state index is -0.155. The predicted molar refractivity (Wildman–Crippen MR) is 119 cm³/mol. The van der Waals surface area contributed by atoms with Crippen molar-refractivity contribution in [1.82, 2.24) is 15.5 Å².